The first-order valence-corrected chi connectivity index (χ1v) is 6.99. The van der Waals surface area contributed by atoms with Crippen molar-refractivity contribution in [3.8, 4) is 0 Å². The predicted molar refractivity (Wildman–Crippen MR) is 79.7 cm³/mol. The molecule has 1 atom stereocenters. The van der Waals surface area contributed by atoms with Crippen LogP contribution in [0.25, 0.3) is 0 Å². The molecule has 0 aromatic heterocycles. The second-order valence-corrected chi connectivity index (χ2v) is 6.30. The molecular weight excluding hydrogens is 239 g/mol. The summed E-state index contributed by atoms with van der Waals surface area (Å²) in [7, 11) is 2.11. The molecule has 1 aromatic carbocycles. The summed E-state index contributed by atoms with van der Waals surface area (Å²) in [4.78, 5) is 2.28. The van der Waals surface area contributed by atoms with E-state index in [1.807, 2.05) is 12.1 Å². The molecule has 0 radical (unpaired) electrons. The van der Waals surface area contributed by atoms with E-state index in [-0.39, 0.29) is 11.2 Å². The van der Waals surface area contributed by atoms with E-state index < -0.39 is 0 Å². The first-order valence-electron chi connectivity index (χ1n) is 6.99. The van der Waals surface area contributed by atoms with E-state index in [1.165, 1.54) is 12.1 Å². The van der Waals surface area contributed by atoms with Gasteiger partial charge in [0.25, 0.3) is 0 Å². The second-order valence-electron chi connectivity index (χ2n) is 6.30. The number of benzene rings is 1. The molecule has 3 heteroatoms. The van der Waals surface area contributed by atoms with Gasteiger partial charge in [0.15, 0.2) is 0 Å². The maximum atomic E-state index is 12.9. The van der Waals surface area contributed by atoms with Crippen molar-refractivity contribution in [3.63, 3.8) is 0 Å². The Balaban J connectivity index is 2.57. The van der Waals surface area contributed by atoms with Crippen molar-refractivity contribution in [2.24, 2.45) is 5.41 Å². The van der Waals surface area contributed by atoms with Crippen molar-refractivity contribution < 1.29 is 4.39 Å². The van der Waals surface area contributed by atoms with Crippen LogP contribution < -0.4 is 5.32 Å². The third kappa shape index (κ3) is 5.70. The SMILES string of the molecule is CCNC(CN(C)Cc1ccc(F)cc1)C(C)(C)C. The normalized spacial score (nSPS) is 13.8. The maximum Gasteiger partial charge on any atom is 0.123 e. The van der Waals surface area contributed by atoms with Gasteiger partial charge >= 0.3 is 0 Å². The van der Waals surface area contributed by atoms with E-state index in [1.54, 1.807) is 0 Å². The molecule has 0 amide bonds. The van der Waals surface area contributed by atoms with Gasteiger partial charge in [-0.3, -0.25) is 0 Å². The van der Waals surface area contributed by atoms with Crippen molar-refractivity contribution in [2.45, 2.75) is 40.3 Å². The molecule has 0 aliphatic heterocycles. The minimum absolute atomic E-state index is 0.174. The van der Waals surface area contributed by atoms with Crippen LogP contribution in [-0.4, -0.2) is 31.1 Å². The molecule has 0 heterocycles. The number of likely N-dealkylation sites (N-methyl/N-ethyl adjacent to an activating group) is 2. The Kier molecular flexibility index (Phi) is 5.95. The van der Waals surface area contributed by atoms with Crippen LogP contribution in [0.1, 0.15) is 33.3 Å². The van der Waals surface area contributed by atoms with E-state index in [0.717, 1.165) is 25.2 Å². The van der Waals surface area contributed by atoms with Gasteiger partial charge in [-0.2, -0.15) is 0 Å². The number of hydrogen-bond acceptors (Lipinski definition) is 2. The van der Waals surface area contributed by atoms with E-state index in [4.69, 9.17) is 0 Å². The van der Waals surface area contributed by atoms with Crippen LogP contribution in [0.3, 0.4) is 0 Å². The standard InChI is InChI=1S/C16H27FN2/c1-6-18-15(16(2,3)4)12-19(5)11-13-7-9-14(17)10-8-13/h7-10,15,18H,6,11-12H2,1-5H3. The Morgan fingerprint density at radius 2 is 1.79 bits per heavy atom. The lowest BCUT2D eigenvalue weighted by Gasteiger charge is -2.34. The molecule has 0 bridgehead atoms. The van der Waals surface area contributed by atoms with Crippen molar-refractivity contribution in [2.75, 3.05) is 20.1 Å². The van der Waals surface area contributed by atoms with Gasteiger partial charge in [-0.15, -0.1) is 0 Å². The van der Waals surface area contributed by atoms with Gasteiger partial charge < -0.3 is 10.2 Å². The molecular formula is C16H27FN2. The summed E-state index contributed by atoms with van der Waals surface area (Å²) < 4.78 is 12.9. The average molecular weight is 266 g/mol. The molecule has 1 unspecified atom stereocenters. The summed E-state index contributed by atoms with van der Waals surface area (Å²) in [6, 6.07) is 7.20. The number of nitrogens with zero attached hydrogens (tertiary/aromatic N) is 1. The smallest absolute Gasteiger partial charge is 0.123 e. The summed E-state index contributed by atoms with van der Waals surface area (Å²) in [6.07, 6.45) is 0. The van der Waals surface area contributed by atoms with Gasteiger partial charge in [-0.1, -0.05) is 39.8 Å². The summed E-state index contributed by atoms with van der Waals surface area (Å²) in [5.41, 5.74) is 1.38. The Morgan fingerprint density at radius 3 is 2.26 bits per heavy atom. The van der Waals surface area contributed by atoms with Crippen LogP contribution in [0.5, 0.6) is 0 Å². The van der Waals surface area contributed by atoms with Crippen molar-refractivity contribution in [1.29, 1.82) is 0 Å². The minimum atomic E-state index is -0.174. The molecule has 1 N–H and O–H groups in total. The highest BCUT2D eigenvalue weighted by atomic mass is 19.1. The van der Waals surface area contributed by atoms with Crippen LogP contribution in [0.2, 0.25) is 0 Å². The molecule has 0 aliphatic rings. The lowest BCUT2D eigenvalue weighted by Crippen LogP contribution is -2.47. The third-order valence-electron chi connectivity index (χ3n) is 3.36. The van der Waals surface area contributed by atoms with Gasteiger partial charge in [0.05, 0.1) is 0 Å². The highest BCUT2D eigenvalue weighted by Gasteiger charge is 2.24. The number of nitrogens with one attached hydrogen (secondary N) is 1. The van der Waals surface area contributed by atoms with E-state index in [2.05, 4.69) is 45.0 Å². The predicted octanol–water partition coefficient (Wildman–Crippen LogP) is 3.28. The quantitative estimate of drug-likeness (QED) is 0.850. The summed E-state index contributed by atoms with van der Waals surface area (Å²) in [6.45, 7) is 11.7. The van der Waals surface area contributed by atoms with Gasteiger partial charge in [0, 0.05) is 19.1 Å². The first-order chi connectivity index (χ1) is 8.82. The fraction of sp³-hybridized carbons (Fsp3) is 0.625. The summed E-state index contributed by atoms with van der Waals surface area (Å²) in [5.74, 6) is -0.174. The summed E-state index contributed by atoms with van der Waals surface area (Å²) in [5, 5.41) is 3.55. The van der Waals surface area contributed by atoms with Crippen molar-refractivity contribution in [1.82, 2.24) is 10.2 Å². The van der Waals surface area contributed by atoms with Crippen LogP contribution in [-0.2, 0) is 6.54 Å². The first kappa shape index (κ1) is 16.1. The van der Waals surface area contributed by atoms with E-state index >= 15 is 0 Å². The van der Waals surface area contributed by atoms with Gasteiger partial charge in [0.2, 0.25) is 0 Å². The maximum absolute atomic E-state index is 12.9. The van der Waals surface area contributed by atoms with Crippen molar-refractivity contribution >= 4 is 0 Å². The monoisotopic (exact) mass is 266 g/mol. The molecule has 2 nitrogen and oxygen atoms in total. The second kappa shape index (κ2) is 7.01. The number of rotatable bonds is 6. The Morgan fingerprint density at radius 1 is 1.21 bits per heavy atom. The number of hydrogen-bond donors (Lipinski definition) is 1. The van der Waals surface area contributed by atoms with Gasteiger partial charge in [-0.25, -0.2) is 4.39 Å². The zero-order chi connectivity index (χ0) is 14.5. The molecule has 0 aliphatic carbocycles. The van der Waals surface area contributed by atoms with E-state index in [0.29, 0.717) is 6.04 Å². The highest BCUT2D eigenvalue weighted by molar-refractivity contribution is 5.15. The molecule has 0 saturated carbocycles. The average Bonchev–Trinajstić information content (AvgIpc) is 2.30. The zero-order valence-corrected chi connectivity index (χ0v) is 12.8. The lowest BCUT2D eigenvalue weighted by atomic mass is 9.86. The third-order valence-corrected chi connectivity index (χ3v) is 3.36. The van der Waals surface area contributed by atoms with Gasteiger partial charge in [0.1, 0.15) is 5.82 Å². The topological polar surface area (TPSA) is 15.3 Å². The lowest BCUT2D eigenvalue weighted by molar-refractivity contribution is 0.192. The zero-order valence-electron chi connectivity index (χ0n) is 12.8. The molecule has 1 rings (SSSR count). The van der Waals surface area contributed by atoms with Gasteiger partial charge in [-0.05, 0) is 36.7 Å². The van der Waals surface area contributed by atoms with E-state index in [9.17, 15) is 4.39 Å². The Bertz CT molecular complexity index is 367. The number of halogens is 1. The molecule has 19 heavy (non-hydrogen) atoms. The molecule has 1 aromatic rings. The van der Waals surface area contributed by atoms with Crippen molar-refractivity contribution in [3.05, 3.63) is 35.6 Å². The fourth-order valence-electron chi connectivity index (χ4n) is 2.17. The largest absolute Gasteiger partial charge is 0.312 e. The van der Waals surface area contributed by atoms with Crippen LogP contribution in [0.15, 0.2) is 24.3 Å². The van der Waals surface area contributed by atoms with Crippen LogP contribution in [0.4, 0.5) is 4.39 Å². The highest BCUT2D eigenvalue weighted by Crippen LogP contribution is 2.20. The Hall–Kier alpha value is -0.930. The van der Waals surface area contributed by atoms with Crippen LogP contribution >= 0.6 is 0 Å². The molecule has 0 saturated heterocycles. The fourth-order valence-corrected chi connectivity index (χ4v) is 2.17. The van der Waals surface area contributed by atoms with Crippen LogP contribution in [0, 0.1) is 11.2 Å². The molecule has 108 valence electrons. The minimum Gasteiger partial charge on any atom is -0.312 e. The molecule has 0 spiro atoms. The molecule has 0 fully saturated rings. The Labute approximate surface area is 117 Å². The summed E-state index contributed by atoms with van der Waals surface area (Å²) >= 11 is 0.